The van der Waals surface area contributed by atoms with E-state index >= 15 is 0 Å². The van der Waals surface area contributed by atoms with Gasteiger partial charge < -0.3 is 4.74 Å². The Balaban J connectivity index is 2.26. The van der Waals surface area contributed by atoms with E-state index in [2.05, 4.69) is 5.92 Å². The van der Waals surface area contributed by atoms with Crippen LogP contribution in [0.3, 0.4) is 0 Å². The molecule has 0 aromatic heterocycles. The Morgan fingerprint density at radius 2 is 2.25 bits per heavy atom. The Hall–Kier alpha value is -0.620. The summed E-state index contributed by atoms with van der Waals surface area (Å²) in [5, 5.41) is 0. The lowest BCUT2D eigenvalue weighted by atomic mass is 10.0. The highest BCUT2D eigenvalue weighted by atomic mass is 32.2. The van der Waals surface area contributed by atoms with Crippen molar-refractivity contribution in [2.45, 2.75) is 12.8 Å². The van der Waals surface area contributed by atoms with Crippen molar-refractivity contribution in [2.75, 3.05) is 18.1 Å². The molecule has 2 nitrogen and oxygen atoms in total. The first kappa shape index (κ1) is 9.47. The third-order valence-corrected chi connectivity index (χ3v) is 2.90. The Morgan fingerprint density at radius 1 is 1.58 bits per heavy atom. The van der Waals surface area contributed by atoms with Crippen LogP contribution in [0.25, 0.3) is 0 Å². The molecular weight excluding hydrogens is 172 g/mol. The number of ether oxygens (including phenoxy) is 1. The number of hydrogen-bond donors (Lipinski definition) is 0. The highest BCUT2D eigenvalue weighted by molar-refractivity contribution is 7.99. The molecule has 0 radical (unpaired) electrons. The van der Waals surface area contributed by atoms with Gasteiger partial charge >= 0.3 is 5.97 Å². The van der Waals surface area contributed by atoms with Crippen LogP contribution in [0, 0.1) is 18.3 Å². The van der Waals surface area contributed by atoms with E-state index in [1.54, 1.807) is 0 Å². The van der Waals surface area contributed by atoms with Gasteiger partial charge in [0, 0.05) is 0 Å². The first-order valence-corrected chi connectivity index (χ1v) is 5.18. The Kier molecular flexibility index (Phi) is 4.02. The lowest BCUT2D eigenvalue weighted by molar-refractivity contribution is -0.147. The van der Waals surface area contributed by atoms with E-state index in [-0.39, 0.29) is 18.5 Å². The summed E-state index contributed by atoms with van der Waals surface area (Å²) in [5.74, 6) is 4.40. The molecule has 0 aromatic rings. The first-order chi connectivity index (χ1) is 5.84. The largest absolute Gasteiger partial charge is 0.452 e. The van der Waals surface area contributed by atoms with Gasteiger partial charge in [-0.25, -0.2) is 0 Å². The minimum Gasteiger partial charge on any atom is -0.452 e. The number of rotatable bonds is 2. The maximum Gasteiger partial charge on any atom is 0.309 e. The Bertz CT molecular complexity index is 189. The van der Waals surface area contributed by atoms with Crippen molar-refractivity contribution in [2.24, 2.45) is 5.92 Å². The second-order valence-corrected chi connectivity index (χ2v) is 3.92. The van der Waals surface area contributed by atoms with Crippen LogP contribution in [-0.4, -0.2) is 24.1 Å². The van der Waals surface area contributed by atoms with Crippen molar-refractivity contribution in [3.63, 3.8) is 0 Å². The van der Waals surface area contributed by atoms with Crippen LogP contribution in [-0.2, 0) is 9.53 Å². The molecule has 1 heterocycles. The number of carbonyl (C=O) groups excluding carboxylic acids is 1. The van der Waals surface area contributed by atoms with Gasteiger partial charge in [-0.15, -0.1) is 6.42 Å². The van der Waals surface area contributed by atoms with Gasteiger partial charge in [-0.1, -0.05) is 5.92 Å². The quantitative estimate of drug-likeness (QED) is 0.478. The smallest absolute Gasteiger partial charge is 0.309 e. The molecular formula is C9H12O2S. The Labute approximate surface area is 77.1 Å². The topological polar surface area (TPSA) is 26.3 Å². The van der Waals surface area contributed by atoms with Crippen LogP contribution in [0.2, 0.25) is 0 Å². The molecule has 1 aliphatic rings. The van der Waals surface area contributed by atoms with Gasteiger partial charge in [-0.2, -0.15) is 11.8 Å². The molecule has 1 aliphatic heterocycles. The predicted octanol–water partition coefficient (Wildman–Crippen LogP) is 1.31. The molecule has 66 valence electrons. The average Bonchev–Trinajstić information content (AvgIpc) is 2.15. The fourth-order valence-electron chi connectivity index (χ4n) is 1.16. The molecule has 12 heavy (non-hydrogen) atoms. The fourth-order valence-corrected chi connectivity index (χ4v) is 2.27. The molecule has 0 N–H and O–H groups in total. The standard InChI is InChI=1S/C9H12O2S/c1-2-5-11-9(10)8-3-6-12-7-4-8/h1,8H,3-7H2. The van der Waals surface area contributed by atoms with Gasteiger partial charge in [0.25, 0.3) is 0 Å². The SMILES string of the molecule is C#CCOC(=O)C1CCSCC1. The fraction of sp³-hybridized carbons (Fsp3) is 0.667. The average molecular weight is 184 g/mol. The molecule has 1 rings (SSSR count). The number of hydrogen-bond acceptors (Lipinski definition) is 3. The second-order valence-electron chi connectivity index (χ2n) is 2.70. The molecule has 3 heteroatoms. The molecule has 0 amide bonds. The summed E-state index contributed by atoms with van der Waals surface area (Å²) in [6, 6.07) is 0. The van der Waals surface area contributed by atoms with Crippen molar-refractivity contribution in [1.29, 1.82) is 0 Å². The van der Waals surface area contributed by atoms with E-state index in [0.29, 0.717) is 0 Å². The zero-order valence-corrected chi connectivity index (χ0v) is 7.73. The van der Waals surface area contributed by atoms with Crippen LogP contribution in [0.1, 0.15) is 12.8 Å². The van der Waals surface area contributed by atoms with E-state index in [1.807, 2.05) is 11.8 Å². The monoisotopic (exact) mass is 184 g/mol. The third kappa shape index (κ3) is 2.78. The van der Waals surface area contributed by atoms with Crippen LogP contribution < -0.4 is 0 Å². The molecule has 0 unspecified atom stereocenters. The summed E-state index contributed by atoms with van der Waals surface area (Å²) in [6.45, 7) is 0.114. The van der Waals surface area contributed by atoms with E-state index in [1.165, 1.54) is 0 Å². The Morgan fingerprint density at radius 3 is 2.83 bits per heavy atom. The molecule has 0 bridgehead atoms. The normalized spacial score (nSPS) is 18.2. The molecule has 1 saturated heterocycles. The lowest BCUT2D eigenvalue weighted by Crippen LogP contribution is -2.22. The number of esters is 1. The number of carbonyl (C=O) groups is 1. The van der Waals surface area contributed by atoms with Crippen molar-refractivity contribution >= 4 is 17.7 Å². The van der Waals surface area contributed by atoms with E-state index in [0.717, 1.165) is 24.3 Å². The predicted molar refractivity (Wildman–Crippen MR) is 49.8 cm³/mol. The molecule has 0 saturated carbocycles. The van der Waals surface area contributed by atoms with E-state index in [9.17, 15) is 4.79 Å². The minimum absolute atomic E-state index is 0.0969. The lowest BCUT2D eigenvalue weighted by Gasteiger charge is -2.18. The van der Waals surface area contributed by atoms with Gasteiger partial charge in [0.05, 0.1) is 5.92 Å². The summed E-state index contributed by atoms with van der Waals surface area (Å²) in [5.41, 5.74) is 0. The molecule has 0 spiro atoms. The first-order valence-electron chi connectivity index (χ1n) is 4.02. The van der Waals surface area contributed by atoms with Crippen LogP contribution in [0.5, 0.6) is 0 Å². The maximum absolute atomic E-state index is 11.2. The summed E-state index contributed by atoms with van der Waals surface area (Å²) < 4.78 is 4.85. The third-order valence-electron chi connectivity index (χ3n) is 1.85. The van der Waals surface area contributed by atoms with Gasteiger partial charge in [0.15, 0.2) is 6.61 Å². The van der Waals surface area contributed by atoms with Crippen LogP contribution >= 0.6 is 11.8 Å². The minimum atomic E-state index is -0.117. The summed E-state index contributed by atoms with van der Waals surface area (Å²) in [6.07, 6.45) is 6.85. The van der Waals surface area contributed by atoms with Gasteiger partial charge in [0.2, 0.25) is 0 Å². The number of terminal acetylenes is 1. The second kappa shape index (κ2) is 5.10. The molecule has 0 aromatic carbocycles. The molecule has 0 atom stereocenters. The summed E-state index contributed by atoms with van der Waals surface area (Å²) >= 11 is 1.89. The van der Waals surface area contributed by atoms with E-state index < -0.39 is 0 Å². The molecule has 1 fully saturated rings. The summed E-state index contributed by atoms with van der Waals surface area (Å²) in [7, 11) is 0. The van der Waals surface area contributed by atoms with Gasteiger partial charge in [-0.3, -0.25) is 4.79 Å². The van der Waals surface area contributed by atoms with Crippen molar-refractivity contribution < 1.29 is 9.53 Å². The van der Waals surface area contributed by atoms with E-state index in [4.69, 9.17) is 11.2 Å². The molecule has 0 aliphatic carbocycles. The summed E-state index contributed by atoms with van der Waals surface area (Å²) in [4.78, 5) is 11.2. The zero-order valence-electron chi connectivity index (χ0n) is 6.91. The highest BCUT2D eigenvalue weighted by Gasteiger charge is 2.22. The van der Waals surface area contributed by atoms with Gasteiger partial charge in [-0.05, 0) is 24.3 Å². The zero-order chi connectivity index (χ0) is 8.81. The van der Waals surface area contributed by atoms with Gasteiger partial charge in [0.1, 0.15) is 0 Å². The maximum atomic E-state index is 11.2. The van der Waals surface area contributed by atoms with Crippen LogP contribution in [0.15, 0.2) is 0 Å². The van der Waals surface area contributed by atoms with Crippen molar-refractivity contribution in [1.82, 2.24) is 0 Å². The number of thioether (sulfide) groups is 1. The highest BCUT2D eigenvalue weighted by Crippen LogP contribution is 2.23. The van der Waals surface area contributed by atoms with Crippen molar-refractivity contribution in [3.8, 4) is 12.3 Å². The van der Waals surface area contributed by atoms with Crippen LogP contribution in [0.4, 0.5) is 0 Å². The van der Waals surface area contributed by atoms with Crippen molar-refractivity contribution in [3.05, 3.63) is 0 Å².